The van der Waals surface area contributed by atoms with Crippen LogP contribution in [0.2, 0.25) is 0 Å². The van der Waals surface area contributed by atoms with Crippen LogP contribution in [0.1, 0.15) is 44.4 Å². The van der Waals surface area contributed by atoms with E-state index in [9.17, 15) is 0 Å². The van der Waals surface area contributed by atoms with Gasteiger partial charge in [-0.05, 0) is 55.6 Å². The maximum absolute atomic E-state index is 3.63. The first-order valence-electron chi connectivity index (χ1n) is 8.55. The predicted octanol–water partition coefficient (Wildman–Crippen LogP) is 4.03. The van der Waals surface area contributed by atoms with Gasteiger partial charge in [0.1, 0.15) is 0 Å². The fraction of sp³-hybridized carbons (Fsp3) is 0.778. The first-order chi connectivity index (χ1) is 10.1. The summed E-state index contributed by atoms with van der Waals surface area (Å²) in [4.78, 5) is 4.08. The van der Waals surface area contributed by atoms with Gasteiger partial charge in [-0.2, -0.15) is 0 Å². The average Bonchev–Trinajstić information content (AvgIpc) is 2.96. The van der Waals surface area contributed by atoms with Crippen molar-refractivity contribution in [3.05, 3.63) is 22.4 Å². The zero-order valence-corrected chi connectivity index (χ0v) is 14.8. The lowest BCUT2D eigenvalue weighted by molar-refractivity contribution is 0.0930. The van der Waals surface area contributed by atoms with Crippen LogP contribution in [0.15, 0.2) is 17.5 Å². The molecule has 0 aromatic carbocycles. The standard InChI is InChI=1S/C18H32N2S/c1-4-19-14-18(10-5-7-16(2)13-18)15-20(3)11-9-17-8-6-12-21-17/h6,8,12,16,19H,4-5,7,9-11,13-15H2,1-3H3. The molecule has 0 radical (unpaired) electrons. The maximum atomic E-state index is 3.63. The molecule has 3 heteroatoms. The summed E-state index contributed by atoms with van der Waals surface area (Å²) in [5, 5.41) is 5.82. The van der Waals surface area contributed by atoms with Crippen molar-refractivity contribution in [1.82, 2.24) is 10.2 Å². The van der Waals surface area contributed by atoms with Crippen molar-refractivity contribution >= 4 is 11.3 Å². The van der Waals surface area contributed by atoms with Gasteiger partial charge in [0.15, 0.2) is 0 Å². The van der Waals surface area contributed by atoms with Gasteiger partial charge in [-0.25, -0.2) is 0 Å². The number of nitrogens with zero attached hydrogens (tertiary/aromatic N) is 1. The lowest BCUT2D eigenvalue weighted by Gasteiger charge is -2.43. The van der Waals surface area contributed by atoms with Crippen molar-refractivity contribution < 1.29 is 0 Å². The Labute approximate surface area is 134 Å². The van der Waals surface area contributed by atoms with Crippen molar-refractivity contribution in [2.75, 3.05) is 33.2 Å². The first kappa shape index (κ1) is 17.0. The van der Waals surface area contributed by atoms with Gasteiger partial charge in [0.05, 0.1) is 0 Å². The molecule has 1 N–H and O–H groups in total. The first-order valence-corrected chi connectivity index (χ1v) is 9.43. The molecule has 21 heavy (non-hydrogen) atoms. The van der Waals surface area contributed by atoms with E-state index in [1.807, 2.05) is 11.3 Å². The zero-order chi connectivity index (χ0) is 15.1. The van der Waals surface area contributed by atoms with Gasteiger partial charge in [0, 0.05) is 24.5 Å². The highest BCUT2D eigenvalue weighted by molar-refractivity contribution is 7.09. The Bertz CT molecular complexity index is 390. The lowest BCUT2D eigenvalue weighted by atomic mass is 9.69. The van der Waals surface area contributed by atoms with Gasteiger partial charge in [0.2, 0.25) is 0 Å². The van der Waals surface area contributed by atoms with E-state index in [4.69, 9.17) is 0 Å². The van der Waals surface area contributed by atoms with Crippen LogP contribution in [0.25, 0.3) is 0 Å². The Morgan fingerprint density at radius 3 is 3.00 bits per heavy atom. The third kappa shape index (κ3) is 5.39. The molecule has 1 fully saturated rings. The van der Waals surface area contributed by atoms with Crippen molar-refractivity contribution in [3.8, 4) is 0 Å². The highest BCUT2D eigenvalue weighted by atomic mass is 32.1. The molecule has 2 unspecified atom stereocenters. The number of hydrogen-bond acceptors (Lipinski definition) is 3. The van der Waals surface area contributed by atoms with Crippen molar-refractivity contribution in [1.29, 1.82) is 0 Å². The van der Waals surface area contributed by atoms with E-state index < -0.39 is 0 Å². The second kappa shape index (κ2) is 8.30. The van der Waals surface area contributed by atoms with E-state index >= 15 is 0 Å². The fourth-order valence-corrected chi connectivity index (χ4v) is 4.62. The number of nitrogens with one attached hydrogen (secondary N) is 1. The Kier molecular flexibility index (Phi) is 6.72. The molecule has 0 bridgehead atoms. The quantitative estimate of drug-likeness (QED) is 0.780. The summed E-state index contributed by atoms with van der Waals surface area (Å²) in [6, 6.07) is 4.42. The van der Waals surface area contributed by atoms with Gasteiger partial charge in [0.25, 0.3) is 0 Å². The van der Waals surface area contributed by atoms with Crippen molar-refractivity contribution in [2.45, 2.75) is 46.0 Å². The minimum atomic E-state index is 0.498. The van der Waals surface area contributed by atoms with Gasteiger partial charge < -0.3 is 10.2 Å². The maximum Gasteiger partial charge on any atom is 0.00579 e. The summed E-state index contributed by atoms with van der Waals surface area (Å²) in [5.41, 5.74) is 0.498. The largest absolute Gasteiger partial charge is 0.316 e. The van der Waals surface area contributed by atoms with E-state index in [2.05, 4.69) is 48.6 Å². The Morgan fingerprint density at radius 2 is 2.33 bits per heavy atom. The highest BCUT2D eigenvalue weighted by Gasteiger charge is 2.35. The number of hydrogen-bond donors (Lipinski definition) is 1. The molecule has 2 rings (SSSR count). The molecule has 1 heterocycles. The van der Waals surface area contributed by atoms with E-state index in [1.54, 1.807) is 0 Å². The summed E-state index contributed by atoms with van der Waals surface area (Å²) in [6.45, 7) is 9.37. The van der Waals surface area contributed by atoms with Crippen LogP contribution in [0.3, 0.4) is 0 Å². The van der Waals surface area contributed by atoms with E-state index in [0.717, 1.165) is 12.5 Å². The van der Waals surface area contributed by atoms with Crippen LogP contribution < -0.4 is 5.32 Å². The molecule has 2 atom stereocenters. The summed E-state index contributed by atoms with van der Waals surface area (Å²) in [7, 11) is 2.31. The van der Waals surface area contributed by atoms with Crippen molar-refractivity contribution in [2.24, 2.45) is 11.3 Å². The molecule has 0 saturated heterocycles. The molecule has 1 saturated carbocycles. The summed E-state index contributed by atoms with van der Waals surface area (Å²) in [6.07, 6.45) is 6.82. The molecular formula is C18H32N2S. The zero-order valence-electron chi connectivity index (χ0n) is 14.0. The molecule has 1 aliphatic carbocycles. The smallest absolute Gasteiger partial charge is 0.00579 e. The van der Waals surface area contributed by atoms with Gasteiger partial charge in [-0.1, -0.05) is 32.8 Å². The normalized spacial score (nSPS) is 26.4. The summed E-state index contributed by atoms with van der Waals surface area (Å²) in [5.74, 6) is 0.892. The minimum Gasteiger partial charge on any atom is -0.316 e. The van der Waals surface area contributed by atoms with E-state index in [1.165, 1.54) is 56.6 Å². The molecule has 120 valence electrons. The SMILES string of the molecule is CCNCC1(CN(C)CCc2cccs2)CCCC(C)C1. The Morgan fingerprint density at radius 1 is 1.48 bits per heavy atom. The van der Waals surface area contributed by atoms with Gasteiger partial charge >= 0.3 is 0 Å². The second-order valence-corrected chi connectivity index (χ2v) is 8.08. The van der Waals surface area contributed by atoms with Crippen molar-refractivity contribution in [3.63, 3.8) is 0 Å². The molecule has 1 aromatic rings. The molecule has 0 spiro atoms. The summed E-state index contributed by atoms with van der Waals surface area (Å²) < 4.78 is 0. The van der Waals surface area contributed by atoms with Gasteiger partial charge in [-0.3, -0.25) is 0 Å². The molecule has 1 aromatic heterocycles. The van der Waals surface area contributed by atoms with Crippen LogP contribution in [-0.4, -0.2) is 38.1 Å². The Hall–Kier alpha value is -0.380. The fourth-order valence-electron chi connectivity index (χ4n) is 3.93. The lowest BCUT2D eigenvalue weighted by Crippen LogP contribution is -2.46. The third-order valence-electron chi connectivity index (χ3n) is 4.86. The number of thiophene rings is 1. The van der Waals surface area contributed by atoms with Gasteiger partial charge in [-0.15, -0.1) is 11.3 Å². The van der Waals surface area contributed by atoms with E-state index in [0.29, 0.717) is 5.41 Å². The molecule has 0 aliphatic heterocycles. The van der Waals surface area contributed by atoms with E-state index in [-0.39, 0.29) is 0 Å². The second-order valence-electron chi connectivity index (χ2n) is 7.05. The monoisotopic (exact) mass is 308 g/mol. The molecule has 2 nitrogen and oxygen atoms in total. The van der Waals surface area contributed by atoms with Crippen LogP contribution in [0.4, 0.5) is 0 Å². The summed E-state index contributed by atoms with van der Waals surface area (Å²) >= 11 is 1.89. The number of likely N-dealkylation sites (N-methyl/N-ethyl adjacent to an activating group) is 1. The third-order valence-corrected chi connectivity index (χ3v) is 5.80. The molecular weight excluding hydrogens is 276 g/mol. The van der Waals surface area contributed by atoms with Crippen LogP contribution in [0.5, 0.6) is 0 Å². The topological polar surface area (TPSA) is 15.3 Å². The average molecular weight is 309 g/mol. The molecule has 1 aliphatic rings. The Balaban J connectivity index is 1.87. The number of rotatable bonds is 8. The van der Waals surface area contributed by atoms with Crippen LogP contribution >= 0.6 is 11.3 Å². The van der Waals surface area contributed by atoms with Crippen LogP contribution in [-0.2, 0) is 6.42 Å². The predicted molar refractivity (Wildman–Crippen MR) is 94.1 cm³/mol. The minimum absolute atomic E-state index is 0.498. The molecule has 0 amide bonds. The highest BCUT2D eigenvalue weighted by Crippen LogP contribution is 2.39. The van der Waals surface area contributed by atoms with Crippen LogP contribution in [0, 0.1) is 11.3 Å².